The monoisotopic (exact) mass is 228 g/mol. The van der Waals surface area contributed by atoms with E-state index in [4.69, 9.17) is 10.5 Å². The highest BCUT2D eigenvalue weighted by Crippen LogP contribution is 2.20. The van der Waals surface area contributed by atoms with Crippen LogP contribution in [0.25, 0.3) is 0 Å². The fraction of sp³-hybridized carbons (Fsp3) is 0.917. The number of nitrogens with two attached hydrogens (primary N) is 1. The number of ether oxygens (including phenoxy) is 1. The van der Waals surface area contributed by atoms with Gasteiger partial charge < -0.3 is 15.8 Å². The second kappa shape index (κ2) is 5.64. The van der Waals surface area contributed by atoms with Gasteiger partial charge in [-0.3, -0.25) is 4.79 Å². The van der Waals surface area contributed by atoms with E-state index in [0.29, 0.717) is 0 Å². The quantitative estimate of drug-likeness (QED) is 0.743. The number of hydrogen-bond acceptors (Lipinski definition) is 3. The van der Waals surface area contributed by atoms with E-state index in [1.165, 1.54) is 0 Å². The zero-order valence-corrected chi connectivity index (χ0v) is 10.6. The van der Waals surface area contributed by atoms with Crippen molar-refractivity contribution < 1.29 is 9.53 Å². The van der Waals surface area contributed by atoms with Gasteiger partial charge in [0, 0.05) is 11.6 Å². The summed E-state index contributed by atoms with van der Waals surface area (Å²) in [6, 6.07) is 0.250. The molecular weight excluding hydrogens is 204 g/mol. The largest absolute Gasteiger partial charge is 0.368 e. The minimum Gasteiger partial charge on any atom is -0.368 e. The van der Waals surface area contributed by atoms with Gasteiger partial charge in [-0.1, -0.05) is 6.92 Å². The summed E-state index contributed by atoms with van der Waals surface area (Å²) in [6.07, 6.45) is 3.95. The zero-order valence-electron chi connectivity index (χ0n) is 10.6. The highest BCUT2D eigenvalue weighted by atomic mass is 16.5. The Hall–Kier alpha value is -0.610. The molecule has 1 saturated carbocycles. The van der Waals surface area contributed by atoms with Crippen LogP contribution >= 0.6 is 0 Å². The molecule has 4 heteroatoms. The van der Waals surface area contributed by atoms with Crippen LogP contribution in [0.15, 0.2) is 0 Å². The van der Waals surface area contributed by atoms with Gasteiger partial charge in [-0.25, -0.2) is 0 Å². The molecule has 0 aromatic heterocycles. The Balaban J connectivity index is 2.20. The molecule has 0 bridgehead atoms. The summed E-state index contributed by atoms with van der Waals surface area (Å²) >= 11 is 0. The van der Waals surface area contributed by atoms with E-state index in [0.717, 1.165) is 25.7 Å². The van der Waals surface area contributed by atoms with E-state index in [1.54, 1.807) is 0 Å². The van der Waals surface area contributed by atoms with Gasteiger partial charge in [0.1, 0.15) is 6.61 Å². The Bertz CT molecular complexity index is 241. The summed E-state index contributed by atoms with van der Waals surface area (Å²) in [7, 11) is 0. The van der Waals surface area contributed by atoms with E-state index in [9.17, 15) is 4.79 Å². The Morgan fingerprint density at radius 2 is 2.19 bits per heavy atom. The number of nitrogens with one attached hydrogen (secondary N) is 1. The number of rotatable bonds is 5. The smallest absolute Gasteiger partial charge is 0.246 e. The average Bonchev–Trinajstić information content (AvgIpc) is 2.61. The molecule has 0 aromatic carbocycles. The lowest BCUT2D eigenvalue weighted by Crippen LogP contribution is -2.44. The first-order valence-electron chi connectivity index (χ1n) is 6.11. The van der Waals surface area contributed by atoms with Crippen molar-refractivity contribution in [2.24, 2.45) is 5.73 Å². The van der Waals surface area contributed by atoms with Crippen LogP contribution in [0.5, 0.6) is 0 Å². The Kier molecular flexibility index (Phi) is 4.74. The molecule has 16 heavy (non-hydrogen) atoms. The maximum absolute atomic E-state index is 11.6. The number of carbonyl (C=O) groups excluding carboxylic acids is 1. The molecular formula is C12H24N2O2. The molecule has 0 aliphatic heterocycles. The molecule has 1 amide bonds. The summed E-state index contributed by atoms with van der Waals surface area (Å²) in [6.45, 7) is 6.23. The third-order valence-corrected chi connectivity index (χ3v) is 3.24. The topological polar surface area (TPSA) is 64.3 Å². The molecule has 2 atom stereocenters. The third-order valence-electron chi connectivity index (χ3n) is 3.24. The first-order valence-corrected chi connectivity index (χ1v) is 6.11. The van der Waals surface area contributed by atoms with Crippen molar-refractivity contribution in [3.05, 3.63) is 0 Å². The van der Waals surface area contributed by atoms with Crippen molar-refractivity contribution in [3.8, 4) is 0 Å². The minimum absolute atomic E-state index is 0.0349. The van der Waals surface area contributed by atoms with Gasteiger partial charge in [-0.15, -0.1) is 0 Å². The molecule has 4 nitrogen and oxygen atoms in total. The number of carbonyl (C=O) groups is 1. The second-order valence-electron chi connectivity index (χ2n) is 5.29. The zero-order chi connectivity index (χ0) is 12.2. The molecule has 0 heterocycles. The van der Waals surface area contributed by atoms with Gasteiger partial charge in [0.25, 0.3) is 0 Å². The van der Waals surface area contributed by atoms with Crippen LogP contribution in [-0.2, 0) is 9.53 Å². The molecule has 2 unspecified atom stereocenters. The van der Waals surface area contributed by atoms with Crippen molar-refractivity contribution in [1.29, 1.82) is 0 Å². The standard InChI is InChI=1S/C12H24N2O2/c1-4-12(2,3)14-11(15)8-16-10-6-5-9(13)7-10/h9-10H,4-8,13H2,1-3H3,(H,14,15). The van der Waals surface area contributed by atoms with E-state index >= 15 is 0 Å². The van der Waals surface area contributed by atoms with Gasteiger partial charge in [0.05, 0.1) is 6.10 Å². The van der Waals surface area contributed by atoms with E-state index in [-0.39, 0.29) is 30.2 Å². The van der Waals surface area contributed by atoms with E-state index in [2.05, 4.69) is 12.2 Å². The fourth-order valence-corrected chi connectivity index (χ4v) is 1.82. The molecule has 0 saturated heterocycles. The highest BCUT2D eigenvalue weighted by Gasteiger charge is 2.24. The maximum Gasteiger partial charge on any atom is 0.246 e. The van der Waals surface area contributed by atoms with Crippen molar-refractivity contribution in [2.75, 3.05) is 6.61 Å². The van der Waals surface area contributed by atoms with Crippen LogP contribution in [0.4, 0.5) is 0 Å². The Labute approximate surface area is 97.9 Å². The highest BCUT2D eigenvalue weighted by molar-refractivity contribution is 5.77. The van der Waals surface area contributed by atoms with E-state index in [1.807, 2.05) is 13.8 Å². The average molecular weight is 228 g/mol. The predicted octanol–water partition coefficient (Wildman–Crippen LogP) is 1.19. The first kappa shape index (κ1) is 13.5. The SMILES string of the molecule is CCC(C)(C)NC(=O)COC1CCC(N)C1. The van der Waals surface area contributed by atoms with Gasteiger partial charge >= 0.3 is 0 Å². The molecule has 3 N–H and O–H groups in total. The van der Waals surface area contributed by atoms with Crippen molar-refractivity contribution in [2.45, 2.75) is 64.1 Å². The Morgan fingerprint density at radius 1 is 1.50 bits per heavy atom. The van der Waals surface area contributed by atoms with Crippen LogP contribution in [0.3, 0.4) is 0 Å². The molecule has 1 aliphatic carbocycles. The minimum atomic E-state index is -0.146. The summed E-state index contributed by atoms with van der Waals surface area (Å²) in [5.74, 6) is -0.0349. The molecule has 94 valence electrons. The Morgan fingerprint density at radius 3 is 2.69 bits per heavy atom. The van der Waals surface area contributed by atoms with Gasteiger partial charge in [0.15, 0.2) is 0 Å². The summed E-state index contributed by atoms with van der Waals surface area (Å²) in [4.78, 5) is 11.6. The van der Waals surface area contributed by atoms with Crippen molar-refractivity contribution in [3.63, 3.8) is 0 Å². The molecule has 0 radical (unpaired) electrons. The second-order valence-corrected chi connectivity index (χ2v) is 5.29. The van der Waals surface area contributed by atoms with Crippen LogP contribution in [-0.4, -0.2) is 30.2 Å². The fourth-order valence-electron chi connectivity index (χ4n) is 1.82. The van der Waals surface area contributed by atoms with Crippen LogP contribution in [0, 0.1) is 0 Å². The summed E-state index contributed by atoms with van der Waals surface area (Å²) in [5.41, 5.74) is 5.63. The van der Waals surface area contributed by atoms with E-state index < -0.39 is 0 Å². The number of amides is 1. The lowest BCUT2D eigenvalue weighted by molar-refractivity contribution is -0.129. The summed E-state index contributed by atoms with van der Waals surface area (Å²) < 4.78 is 5.53. The van der Waals surface area contributed by atoms with Gasteiger partial charge in [-0.05, 0) is 39.5 Å². The van der Waals surface area contributed by atoms with Crippen LogP contribution < -0.4 is 11.1 Å². The van der Waals surface area contributed by atoms with Crippen molar-refractivity contribution in [1.82, 2.24) is 5.32 Å². The summed E-state index contributed by atoms with van der Waals surface area (Å²) in [5, 5.41) is 2.95. The molecule has 0 spiro atoms. The van der Waals surface area contributed by atoms with Crippen LogP contribution in [0.2, 0.25) is 0 Å². The lowest BCUT2D eigenvalue weighted by atomic mass is 10.0. The maximum atomic E-state index is 11.6. The molecule has 0 aromatic rings. The predicted molar refractivity (Wildman–Crippen MR) is 64.1 cm³/mol. The van der Waals surface area contributed by atoms with Crippen LogP contribution in [0.1, 0.15) is 46.5 Å². The van der Waals surface area contributed by atoms with Crippen molar-refractivity contribution >= 4 is 5.91 Å². The molecule has 1 fully saturated rings. The first-order chi connectivity index (χ1) is 7.43. The number of hydrogen-bond donors (Lipinski definition) is 2. The third kappa shape index (κ3) is 4.49. The lowest BCUT2D eigenvalue weighted by Gasteiger charge is -2.24. The molecule has 1 rings (SSSR count). The molecule has 1 aliphatic rings. The van der Waals surface area contributed by atoms with Gasteiger partial charge in [-0.2, -0.15) is 0 Å². The normalized spacial score (nSPS) is 25.8. The van der Waals surface area contributed by atoms with Gasteiger partial charge in [0.2, 0.25) is 5.91 Å².